The summed E-state index contributed by atoms with van der Waals surface area (Å²) in [5.74, 6) is 1.50. The van der Waals surface area contributed by atoms with Crippen molar-refractivity contribution in [1.29, 1.82) is 0 Å². The fourth-order valence-corrected chi connectivity index (χ4v) is 3.86. The number of hydrogen-bond donors (Lipinski definition) is 2. The van der Waals surface area contributed by atoms with Crippen molar-refractivity contribution in [2.45, 2.75) is 50.9 Å². The molecule has 1 fully saturated rings. The van der Waals surface area contributed by atoms with Crippen molar-refractivity contribution in [2.75, 3.05) is 13.4 Å². The van der Waals surface area contributed by atoms with Gasteiger partial charge in [-0.2, -0.15) is 0 Å². The summed E-state index contributed by atoms with van der Waals surface area (Å²) in [4.78, 5) is 0. The van der Waals surface area contributed by atoms with Crippen molar-refractivity contribution < 1.29 is 24.4 Å². The third-order valence-electron chi connectivity index (χ3n) is 5.35. The third-order valence-corrected chi connectivity index (χ3v) is 5.35. The van der Waals surface area contributed by atoms with Crippen LogP contribution in [0.3, 0.4) is 0 Å². The van der Waals surface area contributed by atoms with Crippen LogP contribution in [0.25, 0.3) is 0 Å². The Morgan fingerprint density at radius 3 is 2.56 bits per heavy atom. The van der Waals surface area contributed by atoms with Gasteiger partial charge < -0.3 is 24.4 Å². The lowest BCUT2D eigenvalue weighted by atomic mass is 9.93. The average molecular weight is 370 g/mol. The van der Waals surface area contributed by atoms with Gasteiger partial charge >= 0.3 is 0 Å². The zero-order chi connectivity index (χ0) is 18.8. The zero-order valence-electron chi connectivity index (χ0n) is 15.6. The zero-order valence-corrected chi connectivity index (χ0v) is 15.6. The van der Waals surface area contributed by atoms with Gasteiger partial charge in [0.15, 0.2) is 11.5 Å². The Bertz CT molecular complexity index is 786. The Balaban J connectivity index is 1.63. The van der Waals surface area contributed by atoms with E-state index in [1.54, 1.807) is 0 Å². The van der Waals surface area contributed by atoms with Crippen LogP contribution in [0.5, 0.6) is 11.5 Å². The van der Waals surface area contributed by atoms with E-state index in [1.807, 2.05) is 6.07 Å². The van der Waals surface area contributed by atoms with Crippen molar-refractivity contribution in [1.82, 2.24) is 0 Å². The summed E-state index contributed by atoms with van der Waals surface area (Å²) in [6.45, 7) is 2.28. The molecule has 2 aliphatic rings. The minimum atomic E-state index is -0.476. The molecule has 0 spiro atoms. The number of aliphatic hydroxyl groups excluding tert-OH is 2. The van der Waals surface area contributed by atoms with Crippen molar-refractivity contribution in [3.05, 3.63) is 58.7 Å². The summed E-state index contributed by atoms with van der Waals surface area (Å²) < 4.78 is 17.3. The Hall–Kier alpha value is -2.08. The Morgan fingerprint density at radius 1 is 1.04 bits per heavy atom. The molecule has 2 N–H and O–H groups in total. The molecule has 0 aliphatic carbocycles. The molecule has 144 valence electrons. The fourth-order valence-electron chi connectivity index (χ4n) is 3.86. The molecule has 4 rings (SSSR count). The van der Waals surface area contributed by atoms with Crippen molar-refractivity contribution >= 4 is 0 Å². The summed E-state index contributed by atoms with van der Waals surface area (Å²) in [5.41, 5.74) is 4.53. The van der Waals surface area contributed by atoms with E-state index < -0.39 is 6.10 Å². The van der Waals surface area contributed by atoms with Crippen molar-refractivity contribution in [3.8, 4) is 11.5 Å². The second-order valence-electron chi connectivity index (χ2n) is 7.32. The first-order valence-electron chi connectivity index (χ1n) is 9.61. The summed E-state index contributed by atoms with van der Waals surface area (Å²) in [6.07, 6.45) is 1.67. The summed E-state index contributed by atoms with van der Waals surface area (Å²) in [7, 11) is 0. The summed E-state index contributed by atoms with van der Waals surface area (Å²) in [5, 5.41) is 19.6. The predicted octanol–water partition coefficient (Wildman–Crippen LogP) is 3.14. The molecule has 27 heavy (non-hydrogen) atoms. The Morgan fingerprint density at radius 2 is 1.81 bits per heavy atom. The van der Waals surface area contributed by atoms with Crippen LogP contribution in [-0.2, 0) is 17.6 Å². The molecule has 2 aromatic carbocycles. The first kappa shape index (κ1) is 18.3. The number of rotatable bonds is 5. The van der Waals surface area contributed by atoms with E-state index in [9.17, 15) is 10.2 Å². The number of ether oxygens (including phenoxy) is 3. The van der Waals surface area contributed by atoms with Gasteiger partial charge in [-0.05, 0) is 35.2 Å². The second-order valence-corrected chi connectivity index (χ2v) is 7.32. The molecule has 2 heterocycles. The molecule has 2 aromatic rings. The van der Waals surface area contributed by atoms with Gasteiger partial charge in [0, 0.05) is 24.8 Å². The lowest BCUT2D eigenvalue weighted by molar-refractivity contribution is -0.113. The molecule has 3 atom stereocenters. The van der Waals surface area contributed by atoms with Gasteiger partial charge in [-0.15, -0.1) is 0 Å². The maximum absolute atomic E-state index is 10.1. The topological polar surface area (TPSA) is 68.2 Å². The molecule has 0 saturated carbocycles. The lowest BCUT2D eigenvalue weighted by Gasteiger charge is -2.32. The highest BCUT2D eigenvalue weighted by molar-refractivity contribution is 5.53. The molecule has 0 amide bonds. The van der Waals surface area contributed by atoms with Crippen molar-refractivity contribution in [3.63, 3.8) is 0 Å². The highest BCUT2D eigenvalue weighted by Crippen LogP contribution is 2.42. The van der Waals surface area contributed by atoms with E-state index in [4.69, 9.17) is 14.2 Å². The van der Waals surface area contributed by atoms with Gasteiger partial charge in [-0.3, -0.25) is 0 Å². The number of benzene rings is 2. The first-order valence-corrected chi connectivity index (χ1v) is 9.61. The molecule has 1 saturated heterocycles. The van der Waals surface area contributed by atoms with Crippen LogP contribution < -0.4 is 9.47 Å². The molecule has 3 unspecified atom stereocenters. The second kappa shape index (κ2) is 7.89. The Labute approximate surface area is 159 Å². The SMILES string of the molecule is CCc1ccc(Cc2cc(C3CC(O)CC(CO)O3)cc3c2OCO3)cc1. The molecular weight excluding hydrogens is 344 g/mol. The molecule has 0 bridgehead atoms. The molecule has 5 heteroatoms. The largest absolute Gasteiger partial charge is 0.454 e. The van der Waals surface area contributed by atoms with Crippen LogP contribution in [0.15, 0.2) is 36.4 Å². The Kier molecular flexibility index (Phi) is 5.34. The van der Waals surface area contributed by atoms with E-state index in [0.29, 0.717) is 12.8 Å². The van der Waals surface area contributed by atoms with Gasteiger partial charge in [0.05, 0.1) is 24.9 Å². The van der Waals surface area contributed by atoms with E-state index in [2.05, 4.69) is 37.3 Å². The highest BCUT2D eigenvalue weighted by atomic mass is 16.7. The number of aliphatic hydroxyl groups is 2. The van der Waals surface area contributed by atoms with Crippen LogP contribution in [0.2, 0.25) is 0 Å². The molecule has 2 aliphatic heterocycles. The smallest absolute Gasteiger partial charge is 0.231 e. The van der Waals surface area contributed by atoms with Gasteiger partial charge in [-0.1, -0.05) is 31.2 Å². The third kappa shape index (κ3) is 3.95. The normalized spacial score (nSPS) is 24.2. The molecule has 0 radical (unpaired) electrons. The molecule has 0 aromatic heterocycles. The van der Waals surface area contributed by atoms with E-state index in [0.717, 1.165) is 35.5 Å². The average Bonchev–Trinajstić information content (AvgIpc) is 3.17. The molecular formula is C22H26O5. The quantitative estimate of drug-likeness (QED) is 0.846. The van der Waals surface area contributed by atoms with Crippen LogP contribution in [0.4, 0.5) is 0 Å². The van der Waals surface area contributed by atoms with Gasteiger partial charge in [0.25, 0.3) is 0 Å². The fraction of sp³-hybridized carbons (Fsp3) is 0.455. The highest BCUT2D eigenvalue weighted by Gasteiger charge is 2.31. The minimum absolute atomic E-state index is 0.0885. The van der Waals surface area contributed by atoms with E-state index in [1.165, 1.54) is 11.1 Å². The van der Waals surface area contributed by atoms with Crippen molar-refractivity contribution in [2.24, 2.45) is 0 Å². The van der Waals surface area contributed by atoms with Crippen LogP contribution in [0, 0.1) is 0 Å². The summed E-state index contributed by atoms with van der Waals surface area (Å²) >= 11 is 0. The van der Waals surface area contributed by atoms with E-state index >= 15 is 0 Å². The van der Waals surface area contributed by atoms with Gasteiger partial charge in [0.1, 0.15) is 0 Å². The van der Waals surface area contributed by atoms with E-state index in [-0.39, 0.29) is 25.6 Å². The van der Waals surface area contributed by atoms with Crippen LogP contribution in [-0.4, -0.2) is 35.8 Å². The maximum atomic E-state index is 10.1. The van der Waals surface area contributed by atoms with Crippen LogP contribution in [0.1, 0.15) is 48.1 Å². The number of fused-ring (bicyclic) bond motifs is 1. The molecule has 5 nitrogen and oxygen atoms in total. The maximum Gasteiger partial charge on any atom is 0.231 e. The standard InChI is InChI=1S/C22H26O5/c1-2-14-3-5-15(6-4-14)7-17-8-16(9-21-22(17)26-13-25-21)20-11-18(24)10-19(12-23)27-20/h3-6,8-9,18-20,23-24H,2,7,10-13H2,1H3. The van der Waals surface area contributed by atoms with Crippen LogP contribution >= 0.6 is 0 Å². The monoisotopic (exact) mass is 370 g/mol. The lowest BCUT2D eigenvalue weighted by Crippen LogP contribution is -2.33. The van der Waals surface area contributed by atoms with Gasteiger partial charge in [-0.25, -0.2) is 0 Å². The predicted molar refractivity (Wildman–Crippen MR) is 101 cm³/mol. The van der Waals surface area contributed by atoms with Gasteiger partial charge in [0.2, 0.25) is 6.79 Å². The number of aryl methyl sites for hydroxylation is 1. The minimum Gasteiger partial charge on any atom is -0.454 e. The first-order chi connectivity index (χ1) is 13.2. The summed E-state index contributed by atoms with van der Waals surface area (Å²) in [6, 6.07) is 12.6. The number of hydrogen-bond acceptors (Lipinski definition) is 5.